The molecule has 1 aliphatic carbocycles. The lowest BCUT2D eigenvalue weighted by Gasteiger charge is -2.40. The molecule has 2 aliphatic heterocycles. The number of carbonyl (C=O) groups is 1. The molecule has 0 radical (unpaired) electrons. The molecule has 9 heteroatoms. The first-order chi connectivity index (χ1) is 14.7. The third kappa shape index (κ3) is 5.12. The fourth-order valence-corrected chi connectivity index (χ4v) is 6.79. The zero-order valence-corrected chi connectivity index (χ0v) is 19.3. The molecule has 4 rings (SSSR count). The van der Waals surface area contributed by atoms with Crippen molar-refractivity contribution >= 4 is 15.9 Å². The van der Waals surface area contributed by atoms with Crippen LogP contribution in [-0.4, -0.2) is 44.7 Å². The van der Waals surface area contributed by atoms with Crippen LogP contribution < -0.4 is 20.7 Å². The van der Waals surface area contributed by atoms with Gasteiger partial charge in [0, 0.05) is 24.9 Å². The molecule has 1 aromatic carbocycles. The van der Waals surface area contributed by atoms with E-state index in [1.807, 2.05) is 13.0 Å². The lowest BCUT2D eigenvalue weighted by molar-refractivity contribution is -0.127. The monoisotopic (exact) mass is 450 g/mol. The molecule has 0 spiro atoms. The third-order valence-corrected chi connectivity index (χ3v) is 8.61. The highest BCUT2D eigenvalue weighted by Gasteiger charge is 2.39. The number of hydrogen-bond donors (Lipinski definition) is 4. The van der Waals surface area contributed by atoms with Crippen molar-refractivity contribution in [3.63, 3.8) is 0 Å². The Labute approximate surface area is 184 Å². The summed E-state index contributed by atoms with van der Waals surface area (Å²) in [6.45, 7) is 6.48. The number of aryl methyl sites for hydroxylation is 2. The van der Waals surface area contributed by atoms with Crippen LogP contribution in [-0.2, 0) is 19.6 Å². The van der Waals surface area contributed by atoms with Crippen LogP contribution in [0.25, 0.3) is 0 Å². The molecule has 2 saturated heterocycles. The topological polar surface area (TPSA) is 109 Å². The van der Waals surface area contributed by atoms with Gasteiger partial charge in [-0.1, -0.05) is 24.6 Å². The summed E-state index contributed by atoms with van der Waals surface area (Å²) >= 11 is 0. The quantitative estimate of drug-likeness (QED) is 0.517. The lowest BCUT2D eigenvalue weighted by Crippen LogP contribution is -2.64. The van der Waals surface area contributed by atoms with E-state index in [-0.39, 0.29) is 30.2 Å². The van der Waals surface area contributed by atoms with Gasteiger partial charge in [0.25, 0.3) is 0 Å². The number of carbonyl (C=O) groups excluding carboxylic acids is 1. The van der Waals surface area contributed by atoms with Gasteiger partial charge in [0.1, 0.15) is 12.5 Å². The van der Waals surface area contributed by atoms with E-state index in [4.69, 9.17) is 4.74 Å². The van der Waals surface area contributed by atoms with Crippen LogP contribution in [0, 0.1) is 19.8 Å². The first kappa shape index (κ1) is 22.7. The Kier molecular flexibility index (Phi) is 6.69. The number of amides is 1. The molecule has 5 unspecified atom stereocenters. The van der Waals surface area contributed by atoms with Crippen molar-refractivity contribution in [1.29, 1.82) is 0 Å². The molecular weight excluding hydrogens is 416 g/mol. The number of rotatable bonds is 1. The normalized spacial score (nSPS) is 36.4. The van der Waals surface area contributed by atoms with Gasteiger partial charge >= 0.3 is 0 Å². The molecule has 31 heavy (non-hydrogen) atoms. The SMILES string of the molecule is Cc1cccc(C)c1C1CC2NC(N1)NS(=O)(=O)C1CCCC(C1)C(=O)NC[C@@H](C)O2. The van der Waals surface area contributed by atoms with E-state index in [0.717, 1.165) is 24.0 Å². The van der Waals surface area contributed by atoms with Gasteiger partial charge in [-0.2, -0.15) is 4.72 Å². The molecule has 0 aromatic heterocycles. The largest absolute Gasteiger partial charge is 0.358 e. The summed E-state index contributed by atoms with van der Waals surface area (Å²) < 4.78 is 35.4. The predicted octanol–water partition coefficient (Wildman–Crippen LogP) is 1.55. The Bertz CT molecular complexity index is 902. The third-order valence-electron chi connectivity index (χ3n) is 6.74. The molecule has 4 N–H and O–H groups in total. The average molecular weight is 451 g/mol. The Balaban J connectivity index is 1.64. The van der Waals surface area contributed by atoms with E-state index in [9.17, 15) is 13.2 Å². The Morgan fingerprint density at radius 1 is 1.06 bits per heavy atom. The summed E-state index contributed by atoms with van der Waals surface area (Å²) in [5.41, 5.74) is 3.49. The van der Waals surface area contributed by atoms with Crippen LogP contribution in [0.2, 0.25) is 0 Å². The van der Waals surface area contributed by atoms with Crippen molar-refractivity contribution in [1.82, 2.24) is 20.7 Å². The Morgan fingerprint density at radius 3 is 2.55 bits per heavy atom. The summed E-state index contributed by atoms with van der Waals surface area (Å²) in [5, 5.41) is 9.10. The number of ether oxygens (including phenoxy) is 1. The molecule has 4 bridgehead atoms. The second kappa shape index (κ2) is 9.15. The minimum atomic E-state index is -3.62. The summed E-state index contributed by atoms with van der Waals surface area (Å²) in [6, 6.07) is 6.11. The van der Waals surface area contributed by atoms with Gasteiger partial charge in [0.05, 0.1) is 11.4 Å². The van der Waals surface area contributed by atoms with Gasteiger partial charge in [-0.05, 0) is 56.7 Å². The van der Waals surface area contributed by atoms with E-state index >= 15 is 0 Å². The second-order valence-corrected chi connectivity index (χ2v) is 11.2. The zero-order valence-electron chi connectivity index (χ0n) is 18.5. The first-order valence-electron chi connectivity index (χ1n) is 11.3. The molecule has 1 saturated carbocycles. The zero-order chi connectivity index (χ0) is 22.2. The number of benzene rings is 1. The molecule has 1 amide bonds. The highest BCUT2D eigenvalue weighted by atomic mass is 32.2. The van der Waals surface area contributed by atoms with E-state index in [1.54, 1.807) is 0 Å². The van der Waals surface area contributed by atoms with Crippen LogP contribution in [0.3, 0.4) is 0 Å². The Morgan fingerprint density at radius 2 is 1.81 bits per heavy atom. The molecule has 6 atom stereocenters. The van der Waals surface area contributed by atoms with E-state index in [1.165, 1.54) is 5.56 Å². The summed E-state index contributed by atoms with van der Waals surface area (Å²) in [6.07, 6.45) is 1.83. The summed E-state index contributed by atoms with van der Waals surface area (Å²) in [7, 11) is -3.62. The second-order valence-electron chi connectivity index (χ2n) is 9.19. The molecule has 8 nitrogen and oxygen atoms in total. The van der Waals surface area contributed by atoms with Crippen LogP contribution >= 0.6 is 0 Å². The highest BCUT2D eigenvalue weighted by Crippen LogP contribution is 2.31. The van der Waals surface area contributed by atoms with Gasteiger partial charge in [0.15, 0.2) is 0 Å². The minimum Gasteiger partial charge on any atom is -0.358 e. The maximum atomic E-state index is 13.2. The molecular formula is C22H34N4O4S. The van der Waals surface area contributed by atoms with Crippen molar-refractivity contribution in [3.8, 4) is 0 Å². The number of fused-ring (bicyclic) bond motifs is 4. The number of sulfonamides is 1. The van der Waals surface area contributed by atoms with Gasteiger partial charge in [0.2, 0.25) is 15.9 Å². The molecule has 1 aromatic rings. The van der Waals surface area contributed by atoms with Gasteiger partial charge in [-0.25, -0.2) is 8.42 Å². The maximum Gasteiger partial charge on any atom is 0.223 e. The average Bonchev–Trinajstić information content (AvgIpc) is 2.71. The standard InChI is InChI=1S/C22H34N4O4S/c1-13-6-4-7-14(2)20(13)18-11-19-25-22(24-18)26-31(28,29)17-9-5-8-16(10-17)21(27)23-12-15(3)30-19/h4,6-7,15-19,22,24-26H,5,8-12H2,1-3H3,(H,23,27)/t15-,16?,17?,18?,19?,22?/m1/s1. The molecule has 3 fully saturated rings. The van der Waals surface area contributed by atoms with Gasteiger partial charge < -0.3 is 10.1 Å². The van der Waals surface area contributed by atoms with Gasteiger partial charge in [-0.15, -0.1) is 0 Å². The first-order valence-corrected chi connectivity index (χ1v) is 12.8. The van der Waals surface area contributed by atoms with Crippen LogP contribution in [0.15, 0.2) is 18.2 Å². The lowest BCUT2D eigenvalue weighted by atomic mass is 9.88. The fraction of sp³-hybridized carbons (Fsp3) is 0.682. The maximum absolute atomic E-state index is 13.2. The summed E-state index contributed by atoms with van der Waals surface area (Å²) in [4.78, 5) is 12.6. The van der Waals surface area contributed by atoms with Crippen molar-refractivity contribution < 1.29 is 17.9 Å². The van der Waals surface area contributed by atoms with Crippen molar-refractivity contribution in [3.05, 3.63) is 34.9 Å². The van der Waals surface area contributed by atoms with Crippen LogP contribution in [0.1, 0.15) is 61.8 Å². The fourth-order valence-electron chi connectivity index (χ4n) is 5.17. The van der Waals surface area contributed by atoms with Crippen LogP contribution in [0.4, 0.5) is 0 Å². The molecule has 172 valence electrons. The van der Waals surface area contributed by atoms with Gasteiger partial charge in [-0.3, -0.25) is 15.4 Å². The van der Waals surface area contributed by atoms with E-state index < -0.39 is 21.6 Å². The number of nitrogens with one attached hydrogen (secondary N) is 4. The van der Waals surface area contributed by atoms with Crippen LogP contribution in [0.5, 0.6) is 0 Å². The van der Waals surface area contributed by atoms with Crippen molar-refractivity contribution in [2.45, 2.75) is 82.8 Å². The highest BCUT2D eigenvalue weighted by molar-refractivity contribution is 7.90. The molecule has 2 heterocycles. The van der Waals surface area contributed by atoms with E-state index in [0.29, 0.717) is 25.8 Å². The predicted molar refractivity (Wildman–Crippen MR) is 118 cm³/mol. The summed E-state index contributed by atoms with van der Waals surface area (Å²) in [5.74, 6) is -0.344. The van der Waals surface area contributed by atoms with E-state index in [2.05, 4.69) is 46.7 Å². The number of hydrogen-bond acceptors (Lipinski definition) is 6. The Hall–Kier alpha value is -1.52. The molecule has 3 aliphatic rings. The van der Waals surface area contributed by atoms with Crippen molar-refractivity contribution in [2.75, 3.05) is 6.54 Å². The smallest absolute Gasteiger partial charge is 0.223 e. The minimum absolute atomic E-state index is 0.0637. The van der Waals surface area contributed by atoms with Crippen molar-refractivity contribution in [2.24, 2.45) is 5.92 Å².